The first-order valence-corrected chi connectivity index (χ1v) is 8.21. The van der Waals surface area contributed by atoms with Gasteiger partial charge in [-0.2, -0.15) is 0 Å². The minimum absolute atomic E-state index is 0.519. The number of rotatable bonds is 3. The molecule has 1 aliphatic rings. The first kappa shape index (κ1) is 12.3. The Morgan fingerprint density at radius 1 is 1.39 bits per heavy atom. The highest BCUT2D eigenvalue weighted by Crippen LogP contribution is 2.39. The minimum atomic E-state index is 0.519. The molecule has 1 aliphatic carbocycles. The van der Waals surface area contributed by atoms with Crippen LogP contribution in [0.25, 0.3) is 9.88 Å². The predicted octanol–water partition coefficient (Wildman–Crippen LogP) is 4.03. The fourth-order valence-electron chi connectivity index (χ4n) is 2.48. The molecule has 96 valence electrons. The number of aromatic nitrogens is 1. The van der Waals surface area contributed by atoms with E-state index in [1.807, 2.05) is 22.7 Å². The first-order chi connectivity index (χ1) is 8.81. The Hall–Kier alpha value is -0.710. The van der Waals surface area contributed by atoms with Crippen molar-refractivity contribution < 1.29 is 0 Å². The lowest BCUT2D eigenvalue weighted by Crippen LogP contribution is -2.19. The topological polar surface area (TPSA) is 24.9 Å². The van der Waals surface area contributed by atoms with Crippen molar-refractivity contribution in [3.8, 4) is 9.88 Å². The molecule has 3 rings (SSSR count). The van der Waals surface area contributed by atoms with E-state index >= 15 is 0 Å². The Kier molecular flexibility index (Phi) is 3.50. The highest BCUT2D eigenvalue weighted by molar-refractivity contribution is 7.21. The third kappa shape index (κ3) is 2.13. The molecule has 2 aromatic heterocycles. The smallest absolute Gasteiger partial charge is 0.133 e. The van der Waals surface area contributed by atoms with Crippen molar-refractivity contribution in [2.45, 2.75) is 38.6 Å². The van der Waals surface area contributed by atoms with Crippen LogP contribution in [0.2, 0.25) is 0 Å². The fourth-order valence-corrected chi connectivity index (χ4v) is 4.74. The van der Waals surface area contributed by atoms with Crippen LogP contribution in [0.4, 0.5) is 0 Å². The monoisotopic (exact) mass is 278 g/mol. The third-order valence-corrected chi connectivity index (χ3v) is 6.13. The maximum Gasteiger partial charge on any atom is 0.133 e. The third-order valence-electron chi connectivity index (χ3n) is 3.52. The lowest BCUT2D eigenvalue weighted by Gasteiger charge is -2.19. The van der Waals surface area contributed by atoms with Crippen LogP contribution in [-0.4, -0.2) is 12.0 Å². The van der Waals surface area contributed by atoms with Crippen molar-refractivity contribution in [3.05, 3.63) is 27.6 Å². The summed E-state index contributed by atoms with van der Waals surface area (Å²) in [7, 11) is 2.06. The second-order valence-electron chi connectivity index (χ2n) is 4.68. The molecule has 0 spiro atoms. The number of nitrogens with one attached hydrogen (secondary N) is 1. The van der Waals surface area contributed by atoms with Crippen molar-refractivity contribution in [1.82, 2.24) is 10.3 Å². The summed E-state index contributed by atoms with van der Waals surface area (Å²) in [6, 6.07) is 4.98. The van der Waals surface area contributed by atoms with Crippen LogP contribution in [0.15, 0.2) is 12.1 Å². The lowest BCUT2D eigenvalue weighted by atomic mass is 9.98. The molecule has 0 bridgehead atoms. The molecule has 2 nitrogen and oxygen atoms in total. The largest absolute Gasteiger partial charge is 0.312 e. The van der Waals surface area contributed by atoms with Crippen molar-refractivity contribution in [2.75, 3.05) is 7.05 Å². The van der Waals surface area contributed by atoms with E-state index in [0.717, 1.165) is 12.8 Å². The zero-order valence-corrected chi connectivity index (χ0v) is 12.5. The maximum atomic E-state index is 4.86. The molecular weight excluding hydrogens is 260 g/mol. The van der Waals surface area contributed by atoms with Gasteiger partial charge in [0.05, 0.1) is 10.6 Å². The molecule has 0 amide bonds. The summed E-state index contributed by atoms with van der Waals surface area (Å²) in [5.41, 5.74) is 1.33. The molecule has 0 saturated carbocycles. The highest BCUT2D eigenvalue weighted by Gasteiger charge is 2.23. The number of hydrogen-bond acceptors (Lipinski definition) is 4. The first-order valence-electron chi connectivity index (χ1n) is 6.57. The van der Waals surface area contributed by atoms with Gasteiger partial charge in [0.2, 0.25) is 0 Å². The van der Waals surface area contributed by atoms with Crippen LogP contribution in [0.5, 0.6) is 0 Å². The summed E-state index contributed by atoms with van der Waals surface area (Å²) in [4.78, 5) is 9.10. The van der Waals surface area contributed by atoms with E-state index in [2.05, 4.69) is 31.4 Å². The van der Waals surface area contributed by atoms with Crippen LogP contribution in [0.3, 0.4) is 0 Å². The van der Waals surface area contributed by atoms with Crippen LogP contribution >= 0.6 is 22.7 Å². The summed E-state index contributed by atoms with van der Waals surface area (Å²) in [5, 5.41) is 4.63. The van der Waals surface area contributed by atoms with Gasteiger partial charge in [0.1, 0.15) is 5.01 Å². The van der Waals surface area contributed by atoms with Crippen LogP contribution in [-0.2, 0) is 12.8 Å². The van der Waals surface area contributed by atoms with Crippen molar-refractivity contribution in [3.63, 3.8) is 0 Å². The molecule has 18 heavy (non-hydrogen) atoms. The molecule has 0 fully saturated rings. The molecular formula is C14H18N2S2. The second kappa shape index (κ2) is 5.11. The summed E-state index contributed by atoms with van der Waals surface area (Å²) < 4.78 is 0. The number of thiophene rings is 1. The molecule has 2 heterocycles. The molecule has 0 radical (unpaired) electrons. The van der Waals surface area contributed by atoms with Crippen LogP contribution in [0, 0.1) is 0 Å². The summed E-state index contributed by atoms with van der Waals surface area (Å²) >= 11 is 3.77. The Labute approximate surface area is 116 Å². The average Bonchev–Trinajstić information content (AvgIpc) is 3.03. The molecule has 4 heteroatoms. The summed E-state index contributed by atoms with van der Waals surface area (Å²) in [6.45, 7) is 2.21. The summed E-state index contributed by atoms with van der Waals surface area (Å²) in [6.07, 6.45) is 4.77. The number of nitrogens with zero attached hydrogens (tertiary/aromatic N) is 1. The Morgan fingerprint density at radius 3 is 3.00 bits per heavy atom. The number of hydrogen-bond donors (Lipinski definition) is 1. The van der Waals surface area contributed by atoms with Crippen molar-refractivity contribution in [2.24, 2.45) is 0 Å². The van der Waals surface area contributed by atoms with E-state index in [1.165, 1.54) is 38.2 Å². The molecule has 2 aromatic rings. The summed E-state index contributed by atoms with van der Waals surface area (Å²) in [5.74, 6) is 0. The van der Waals surface area contributed by atoms with E-state index in [1.54, 1.807) is 0 Å². The average molecular weight is 278 g/mol. The number of thiazole rings is 1. The standard InChI is InChI=1S/C14H18N2S2/c1-3-9-7-8-12(17-9)14-16-11-6-4-5-10(15-2)13(11)18-14/h7-8,10,15H,3-6H2,1-2H3. The van der Waals surface area contributed by atoms with Gasteiger partial charge < -0.3 is 5.32 Å². The van der Waals surface area contributed by atoms with Crippen LogP contribution < -0.4 is 5.32 Å². The molecule has 0 aromatic carbocycles. The van der Waals surface area contributed by atoms with E-state index in [4.69, 9.17) is 4.98 Å². The van der Waals surface area contributed by atoms with Gasteiger partial charge in [0, 0.05) is 15.8 Å². The van der Waals surface area contributed by atoms with E-state index in [0.29, 0.717) is 6.04 Å². The van der Waals surface area contributed by atoms with E-state index < -0.39 is 0 Å². The van der Waals surface area contributed by atoms with Crippen LogP contribution in [0.1, 0.15) is 41.3 Å². The highest BCUT2D eigenvalue weighted by atomic mass is 32.1. The normalized spacial score (nSPS) is 18.9. The van der Waals surface area contributed by atoms with E-state index in [9.17, 15) is 0 Å². The predicted molar refractivity (Wildman–Crippen MR) is 79.5 cm³/mol. The Balaban J connectivity index is 1.97. The van der Waals surface area contributed by atoms with Gasteiger partial charge in [-0.15, -0.1) is 22.7 Å². The molecule has 0 aliphatic heterocycles. The molecule has 1 unspecified atom stereocenters. The Bertz CT molecular complexity index is 542. The molecule has 0 saturated heterocycles. The van der Waals surface area contributed by atoms with Gasteiger partial charge in [0.15, 0.2) is 0 Å². The van der Waals surface area contributed by atoms with Gasteiger partial charge in [-0.25, -0.2) is 4.98 Å². The zero-order chi connectivity index (χ0) is 12.5. The number of aryl methyl sites for hydroxylation is 2. The van der Waals surface area contributed by atoms with Gasteiger partial charge in [0.25, 0.3) is 0 Å². The minimum Gasteiger partial charge on any atom is -0.312 e. The van der Waals surface area contributed by atoms with E-state index in [-0.39, 0.29) is 0 Å². The van der Waals surface area contributed by atoms with Gasteiger partial charge >= 0.3 is 0 Å². The molecule has 1 N–H and O–H groups in total. The molecule has 1 atom stereocenters. The SMILES string of the molecule is CCc1ccc(-c2nc3c(s2)C(NC)CCC3)s1. The lowest BCUT2D eigenvalue weighted by molar-refractivity contribution is 0.501. The maximum absolute atomic E-state index is 4.86. The Morgan fingerprint density at radius 2 is 2.28 bits per heavy atom. The second-order valence-corrected chi connectivity index (χ2v) is 6.88. The quantitative estimate of drug-likeness (QED) is 0.917. The zero-order valence-electron chi connectivity index (χ0n) is 10.8. The fraction of sp³-hybridized carbons (Fsp3) is 0.500. The number of fused-ring (bicyclic) bond motifs is 1. The van der Waals surface area contributed by atoms with Gasteiger partial charge in [-0.05, 0) is 44.9 Å². The van der Waals surface area contributed by atoms with Gasteiger partial charge in [-0.3, -0.25) is 0 Å². The van der Waals surface area contributed by atoms with Crippen molar-refractivity contribution >= 4 is 22.7 Å². The van der Waals surface area contributed by atoms with Gasteiger partial charge in [-0.1, -0.05) is 6.92 Å². The van der Waals surface area contributed by atoms with Crippen molar-refractivity contribution in [1.29, 1.82) is 0 Å².